The summed E-state index contributed by atoms with van der Waals surface area (Å²) in [4.78, 5) is 14.1. The molecule has 0 radical (unpaired) electrons. The number of amides is 1. The van der Waals surface area contributed by atoms with E-state index in [4.69, 9.17) is 18.6 Å². The van der Waals surface area contributed by atoms with Gasteiger partial charge in [0.15, 0.2) is 17.3 Å². The predicted molar refractivity (Wildman–Crippen MR) is 87.1 cm³/mol. The van der Waals surface area contributed by atoms with Crippen molar-refractivity contribution in [3.05, 3.63) is 41.7 Å². The summed E-state index contributed by atoms with van der Waals surface area (Å²) >= 11 is 0. The Labute approximate surface area is 144 Å². The van der Waals surface area contributed by atoms with E-state index < -0.39 is 6.10 Å². The number of piperidine rings is 1. The maximum atomic E-state index is 12.5. The molecule has 1 amide bonds. The van der Waals surface area contributed by atoms with Gasteiger partial charge < -0.3 is 28.6 Å². The largest absolute Gasteiger partial charge is 0.468 e. The average molecular weight is 345 g/mol. The smallest absolute Gasteiger partial charge is 0.289 e. The predicted octanol–water partition coefficient (Wildman–Crippen LogP) is 2.01. The second-order valence-corrected chi connectivity index (χ2v) is 6.15. The molecule has 0 unspecified atom stereocenters. The van der Waals surface area contributed by atoms with E-state index in [2.05, 4.69) is 0 Å². The number of hydrogen-bond acceptors (Lipinski definition) is 6. The summed E-state index contributed by atoms with van der Waals surface area (Å²) in [6, 6.07) is 8.89. The third-order valence-electron chi connectivity index (χ3n) is 4.69. The number of aliphatic hydroxyl groups is 1. The SMILES string of the molecule is COc1ccc(C(=O)N2CC[C@@H](c3ccc4c(c3)OCO4)[C@H](O)C2)o1. The van der Waals surface area contributed by atoms with E-state index in [0.717, 1.165) is 11.3 Å². The van der Waals surface area contributed by atoms with Crippen LogP contribution < -0.4 is 14.2 Å². The fourth-order valence-corrected chi connectivity index (χ4v) is 3.35. The molecule has 2 aliphatic heterocycles. The molecule has 2 aromatic rings. The lowest BCUT2D eigenvalue weighted by molar-refractivity contribution is 0.0356. The molecular weight excluding hydrogens is 326 g/mol. The summed E-state index contributed by atoms with van der Waals surface area (Å²) < 4.78 is 21.0. The number of ether oxygens (including phenoxy) is 3. The maximum Gasteiger partial charge on any atom is 0.289 e. The zero-order chi connectivity index (χ0) is 17.4. The van der Waals surface area contributed by atoms with Gasteiger partial charge in [-0.1, -0.05) is 6.07 Å². The molecular formula is C18H19NO6. The van der Waals surface area contributed by atoms with Gasteiger partial charge in [0.25, 0.3) is 11.9 Å². The van der Waals surface area contributed by atoms with Gasteiger partial charge in [-0.05, 0) is 30.2 Å². The van der Waals surface area contributed by atoms with Gasteiger partial charge in [0.1, 0.15) is 0 Å². The second kappa shape index (κ2) is 6.33. The summed E-state index contributed by atoms with van der Waals surface area (Å²) in [6.45, 7) is 1.01. The van der Waals surface area contributed by atoms with Gasteiger partial charge in [0, 0.05) is 25.1 Å². The van der Waals surface area contributed by atoms with E-state index >= 15 is 0 Å². The highest BCUT2D eigenvalue weighted by Gasteiger charge is 2.33. The molecule has 7 heteroatoms. The van der Waals surface area contributed by atoms with Crippen LogP contribution in [0.3, 0.4) is 0 Å². The molecule has 1 aromatic heterocycles. The molecule has 0 aliphatic carbocycles. The highest BCUT2D eigenvalue weighted by molar-refractivity contribution is 5.91. The van der Waals surface area contributed by atoms with Crippen LogP contribution in [-0.4, -0.2) is 49.0 Å². The summed E-state index contributed by atoms with van der Waals surface area (Å²) in [7, 11) is 1.48. The molecule has 1 fully saturated rings. The Balaban J connectivity index is 1.46. The Morgan fingerprint density at radius 2 is 2.08 bits per heavy atom. The molecule has 0 saturated carbocycles. The van der Waals surface area contributed by atoms with Crippen LogP contribution in [0.5, 0.6) is 17.4 Å². The van der Waals surface area contributed by atoms with E-state index in [-0.39, 0.29) is 30.9 Å². The second-order valence-electron chi connectivity index (χ2n) is 6.15. The number of aliphatic hydroxyl groups excluding tert-OH is 1. The molecule has 25 heavy (non-hydrogen) atoms. The fraction of sp³-hybridized carbons (Fsp3) is 0.389. The van der Waals surface area contributed by atoms with Gasteiger partial charge in [-0.2, -0.15) is 0 Å². The van der Waals surface area contributed by atoms with Crippen LogP contribution in [-0.2, 0) is 0 Å². The van der Waals surface area contributed by atoms with E-state index in [1.807, 2.05) is 18.2 Å². The Morgan fingerprint density at radius 3 is 2.84 bits per heavy atom. The first-order valence-electron chi connectivity index (χ1n) is 8.16. The lowest BCUT2D eigenvalue weighted by Crippen LogP contribution is -2.45. The number of fused-ring (bicyclic) bond motifs is 1. The minimum absolute atomic E-state index is 0.0512. The first-order chi connectivity index (χ1) is 12.2. The number of furan rings is 1. The van der Waals surface area contributed by atoms with Gasteiger partial charge in [-0.3, -0.25) is 4.79 Å². The van der Waals surface area contributed by atoms with Gasteiger partial charge in [0.05, 0.1) is 13.2 Å². The van der Waals surface area contributed by atoms with Crippen LogP contribution in [0.15, 0.2) is 34.7 Å². The molecule has 3 heterocycles. The number of rotatable bonds is 3. The topological polar surface area (TPSA) is 81.4 Å². The lowest BCUT2D eigenvalue weighted by Gasteiger charge is -2.35. The first-order valence-corrected chi connectivity index (χ1v) is 8.16. The number of hydrogen-bond donors (Lipinski definition) is 1. The van der Waals surface area contributed by atoms with E-state index in [9.17, 15) is 9.90 Å². The zero-order valence-electron chi connectivity index (χ0n) is 13.8. The first kappa shape index (κ1) is 15.8. The van der Waals surface area contributed by atoms with Crippen LogP contribution in [0.1, 0.15) is 28.5 Å². The third kappa shape index (κ3) is 2.91. The van der Waals surface area contributed by atoms with E-state index in [0.29, 0.717) is 24.7 Å². The van der Waals surface area contributed by atoms with Crippen molar-refractivity contribution in [2.24, 2.45) is 0 Å². The van der Waals surface area contributed by atoms with E-state index in [1.165, 1.54) is 7.11 Å². The van der Waals surface area contributed by atoms with Crippen LogP contribution in [0, 0.1) is 0 Å². The molecule has 7 nitrogen and oxygen atoms in total. The van der Waals surface area contributed by atoms with Crippen LogP contribution >= 0.6 is 0 Å². The third-order valence-corrected chi connectivity index (χ3v) is 4.69. The van der Waals surface area contributed by atoms with E-state index in [1.54, 1.807) is 17.0 Å². The molecule has 2 atom stereocenters. The molecule has 1 aromatic carbocycles. The van der Waals surface area contributed by atoms with Crippen molar-refractivity contribution < 1.29 is 28.5 Å². The van der Waals surface area contributed by atoms with Crippen molar-refractivity contribution in [2.75, 3.05) is 27.0 Å². The Hall–Kier alpha value is -2.67. The van der Waals surface area contributed by atoms with Crippen LogP contribution in [0.4, 0.5) is 0 Å². The molecule has 1 N–H and O–H groups in total. The van der Waals surface area contributed by atoms with Gasteiger partial charge >= 0.3 is 0 Å². The molecule has 4 rings (SSSR count). The number of nitrogens with zero attached hydrogens (tertiary/aromatic N) is 1. The minimum atomic E-state index is -0.657. The number of carbonyl (C=O) groups is 1. The van der Waals surface area contributed by atoms with Crippen molar-refractivity contribution >= 4 is 5.91 Å². The molecule has 0 spiro atoms. The average Bonchev–Trinajstić information content (AvgIpc) is 3.29. The number of benzene rings is 1. The molecule has 0 bridgehead atoms. The standard InChI is InChI=1S/C18H19NO6/c1-22-17-5-4-15(25-17)18(21)19-7-6-12(13(20)9-19)11-2-3-14-16(8-11)24-10-23-14/h2-5,8,12-13,20H,6-7,9-10H2,1H3/t12-,13+/m0/s1. The molecule has 132 valence electrons. The van der Waals surface area contributed by atoms with Crippen molar-refractivity contribution in [1.82, 2.24) is 4.90 Å². The number of likely N-dealkylation sites (tertiary alicyclic amines) is 1. The van der Waals surface area contributed by atoms with Gasteiger partial charge in [0.2, 0.25) is 6.79 Å². The number of carbonyl (C=O) groups excluding carboxylic acids is 1. The summed E-state index contributed by atoms with van der Waals surface area (Å²) in [6.07, 6.45) is -0.000336. The Morgan fingerprint density at radius 1 is 1.24 bits per heavy atom. The van der Waals surface area contributed by atoms with Crippen LogP contribution in [0.2, 0.25) is 0 Å². The number of β-amino-alcohol motifs (C(OH)–C–C–N with tert-alkyl or cyclic N) is 1. The molecule has 1 saturated heterocycles. The maximum absolute atomic E-state index is 12.5. The monoisotopic (exact) mass is 345 g/mol. The van der Waals surface area contributed by atoms with Crippen molar-refractivity contribution in [1.29, 1.82) is 0 Å². The Kier molecular flexibility index (Phi) is 4.01. The quantitative estimate of drug-likeness (QED) is 0.916. The van der Waals surface area contributed by atoms with Crippen molar-refractivity contribution in [3.8, 4) is 17.4 Å². The lowest BCUT2D eigenvalue weighted by atomic mass is 9.87. The fourth-order valence-electron chi connectivity index (χ4n) is 3.35. The van der Waals surface area contributed by atoms with Crippen molar-refractivity contribution in [3.63, 3.8) is 0 Å². The number of methoxy groups -OCH3 is 1. The van der Waals surface area contributed by atoms with Gasteiger partial charge in [-0.25, -0.2) is 0 Å². The normalized spacial score (nSPS) is 22.1. The van der Waals surface area contributed by atoms with Crippen molar-refractivity contribution in [2.45, 2.75) is 18.4 Å². The summed E-state index contributed by atoms with van der Waals surface area (Å²) in [5.41, 5.74) is 0.989. The summed E-state index contributed by atoms with van der Waals surface area (Å²) in [5, 5.41) is 10.6. The molecule has 2 aliphatic rings. The Bertz CT molecular complexity index is 786. The van der Waals surface area contributed by atoms with Gasteiger partial charge in [-0.15, -0.1) is 0 Å². The zero-order valence-corrected chi connectivity index (χ0v) is 13.8. The highest BCUT2D eigenvalue weighted by atomic mass is 16.7. The minimum Gasteiger partial charge on any atom is -0.468 e. The summed E-state index contributed by atoms with van der Waals surface area (Å²) in [5.74, 6) is 1.63. The highest BCUT2D eigenvalue weighted by Crippen LogP contribution is 2.37. The van der Waals surface area contributed by atoms with Crippen LogP contribution in [0.25, 0.3) is 0 Å².